The number of nitrogens with zero attached hydrogens (tertiary/aromatic N) is 8. The zero-order chi connectivity index (χ0) is 54.7. The Kier molecular flexibility index (Phi) is 16.0. The van der Waals surface area contributed by atoms with Gasteiger partial charge in [0, 0.05) is 70.3 Å². The van der Waals surface area contributed by atoms with Crippen molar-refractivity contribution in [3.8, 4) is 27.3 Å². The van der Waals surface area contributed by atoms with Crippen molar-refractivity contribution in [1.82, 2.24) is 45.4 Å². The number of carbonyl (C=O) groups excluding carboxylic acids is 5. The SMILES string of the molecule is Cc1ncc(-c2ccc3nc(NC(=O)CN4CCN(c5ncc(OC6(C(=O)N[C@H](C(=O)N7C[C@H](O)C[C@H]7C(=O)NCc7ccc(-c8scnc8C)cc7)C(C)(C)C)CC6)cn5)CC4)sc3c2)cc1NC(=O)OC1CCCCC1. The molecule has 0 bridgehead atoms. The zero-order valence-electron chi connectivity index (χ0n) is 44.5. The van der Waals surface area contributed by atoms with Gasteiger partial charge in [0.25, 0.3) is 5.91 Å². The van der Waals surface area contributed by atoms with E-state index in [0.717, 1.165) is 68.7 Å². The summed E-state index contributed by atoms with van der Waals surface area (Å²) in [5.41, 5.74) is 6.48. The molecule has 410 valence electrons. The lowest BCUT2D eigenvalue weighted by molar-refractivity contribution is -0.145. The number of aryl methyl sites for hydroxylation is 2. The van der Waals surface area contributed by atoms with Crippen LogP contribution in [-0.4, -0.2) is 139 Å². The third kappa shape index (κ3) is 12.7. The number of aliphatic hydroxyl groups excluding tert-OH is 1. The molecule has 2 saturated heterocycles. The minimum atomic E-state index is -1.22. The van der Waals surface area contributed by atoms with Crippen molar-refractivity contribution in [3.63, 3.8) is 0 Å². The first-order chi connectivity index (χ1) is 37.5. The minimum Gasteiger partial charge on any atom is -0.474 e. The van der Waals surface area contributed by atoms with E-state index in [1.165, 1.54) is 35.1 Å². The number of benzene rings is 2. The molecule has 0 unspecified atom stereocenters. The number of anilines is 3. The van der Waals surface area contributed by atoms with Gasteiger partial charge < -0.3 is 40.3 Å². The van der Waals surface area contributed by atoms with Gasteiger partial charge in [0.05, 0.1) is 62.7 Å². The van der Waals surface area contributed by atoms with Crippen molar-refractivity contribution in [2.75, 3.05) is 54.8 Å². The van der Waals surface area contributed by atoms with Gasteiger partial charge in [-0.3, -0.25) is 34.4 Å². The highest BCUT2D eigenvalue weighted by atomic mass is 32.1. The summed E-state index contributed by atoms with van der Waals surface area (Å²) in [6, 6.07) is 13.7. The molecular formula is C56H66N12O8S2. The van der Waals surface area contributed by atoms with Crippen molar-refractivity contribution in [3.05, 3.63) is 89.6 Å². The van der Waals surface area contributed by atoms with Crippen LogP contribution in [0.4, 0.5) is 21.6 Å². The number of aromatic nitrogens is 5. The van der Waals surface area contributed by atoms with Crippen LogP contribution in [0.5, 0.6) is 5.75 Å². The molecule has 6 heterocycles. The molecule has 22 heteroatoms. The van der Waals surface area contributed by atoms with Crippen molar-refractivity contribution in [2.45, 2.75) is 122 Å². The lowest BCUT2D eigenvalue weighted by Gasteiger charge is -2.36. The lowest BCUT2D eigenvalue weighted by Crippen LogP contribution is -2.59. The Balaban J connectivity index is 0.683. The highest BCUT2D eigenvalue weighted by Crippen LogP contribution is 2.41. The number of ether oxygens (including phenoxy) is 2. The predicted octanol–water partition coefficient (Wildman–Crippen LogP) is 7.25. The maximum atomic E-state index is 14.3. The average molecular weight is 1100 g/mol. The summed E-state index contributed by atoms with van der Waals surface area (Å²) in [6.45, 7) is 12.1. The van der Waals surface area contributed by atoms with E-state index in [2.05, 4.69) is 51.1 Å². The van der Waals surface area contributed by atoms with Crippen molar-refractivity contribution >= 4 is 79.4 Å². The van der Waals surface area contributed by atoms with E-state index in [0.29, 0.717) is 67.2 Å². The van der Waals surface area contributed by atoms with Crippen LogP contribution in [0.1, 0.15) is 89.1 Å². The van der Waals surface area contributed by atoms with E-state index in [1.54, 1.807) is 17.5 Å². The van der Waals surface area contributed by atoms with E-state index in [9.17, 15) is 29.1 Å². The summed E-state index contributed by atoms with van der Waals surface area (Å²) >= 11 is 2.96. The standard InChI is InChI=1S/C56H66N12O8S2/c1-33-43(63-54(74)75-40-9-7-6-8-10-40)23-38(27-57-33)37-15-16-42-45(24-37)78-53(62-42)64-46(70)31-66-19-21-67(22-20-66)52-59-28-41(29-60-52)76-56(17-18-56)51(73)65-48(55(3,4)5)50(72)68-30-39(69)25-44(68)49(71)58-26-35-11-13-36(14-12-35)47-34(2)61-32-77-47/h11-16,23-24,27-29,32,39-40,44,48,69H,6-10,17-22,25-26,30-31H2,1-5H3,(H,58,71)(H,63,74)(H,65,73)(H,62,64,70)/t39-,44+,48-/m1/s1. The number of β-amino-alcohol motifs (C(OH)–C–C–N with tert-alkyl or cyclic N) is 1. The molecule has 2 saturated carbocycles. The largest absolute Gasteiger partial charge is 0.474 e. The Hall–Kier alpha value is -7.14. The number of rotatable bonds is 16. The molecule has 10 rings (SSSR count). The number of carbonyl (C=O) groups is 5. The van der Waals surface area contributed by atoms with Gasteiger partial charge in [-0.1, -0.05) is 68.9 Å². The molecule has 4 aromatic heterocycles. The number of nitrogens with one attached hydrogen (secondary N) is 4. The van der Waals surface area contributed by atoms with Gasteiger partial charge in [0.1, 0.15) is 18.2 Å². The quantitative estimate of drug-likeness (QED) is 0.0641. The molecule has 4 aliphatic rings. The van der Waals surface area contributed by atoms with Gasteiger partial charge in [0.2, 0.25) is 23.7 Å². The number of piperazine rings is 1. The van der Waals surface area contributed by atoms with E-state index in [1.807, 2.05) is 93.6 Å². The second kappa shape index (κ2) is 23.1. The van der Waals surface area contributed by atoms with Gasteiger partial charge in [-0.05, 0) is 79.8 Å². The van der Waals surface area contributed by atoms with Gasteiger partial charge >= 0.3 is 6.09 Å². The summed E-state index contributed by atoms with van der Waals surface area (Å²) in [6.07, 6.45) is 9.44. The van der Waals surface area contributed by atoms with Crippen molar-refractivity contribution < 1.29 is 38.6 Å². The molecular weight excluding hydrogens is 1030 g/mol. The number of fused-ring (bicyclic) bond motifs is 1. The Morgan fingerprint density at radius 2 is 1.58 bits per heavy atom. The Labute approximate surface area is 460 Å². The summed E-state index contributed by atoms with van der Waals surface area (Å²) in [5, 5.41) is 23.0. The number of pyridine rings is 1. The van der Waals surface area contributed by atoms with E-state index in [4.69, 9.17) is 9.47 Å². The fourth-order valence-corrected chi connectivity index (χ4v) is 11.9. The number of thiazole rings is 2. The second-order valence-corrected chi connectivity index (χ2v) is 23.7. The van der Waals surface area contributed by atoms with E-state index >= 15 is 0 Å². The zero-order valence-corrected chi connectivity index (χ0v) is 46.2. The maximum absolute atomic E-state index is 14.3. The molecule has 0 radical (unpaired) electrons. The van der Waals surface area contributed by atoms with Crippen LogP contribution in [0.25, 0.3) is 31.8 Å². The summed E-state index contributed by atoms with van der Waals surface area (Å²) in [4.78, 5) is 97.2. The lowest BCUT2D eigenvalue weighted by atomic mass is 9.85. The van der Waals surface area contributed by atoms with E-state index < -0.39 is 47.1 Å². The van der Waals surface area contributed by atoms with Crippen molar-refractivity contribution in [1.29, 1.82) is 0 Å². The molecule has 20 nitrogen and oxygen atoms in total. The van der Waals surface area contributed by atoms with Gasteiger partial charge in [-0.2, -0.15) is 0 Å². The van der Waals surface area contributed by atoms with Crippen LogP contribution in [0.3, 0.4) is 0 Å². The third-order valence-corrected chi connectivity index (χ3v) is 16.8. The molecule has 3 atom stereocenters. The fraction of sp³-hybridized carbons (Fsp3) is 0.464. The molecule has 4 fully saturated rings. The first kappa shape index (κ1) is 54.2. The van der Waals surface area contributed by atoms with Crippen LogP contribution in [0, 0.1) is 19.3 Å². The number of aliphatic hydroxyl groups is 1. The van der Waals surface area contributed by atoms with Crippen molar-refractivity contribution in [2.24, 2.45) is 5.41 Å². The smallest absolute Gasteiger partial charge is 0.411 e. The number of hydrogen-bond acceptors (Lipinski definition) is 17. The fourth-order valence-electron chi connectivity index (χ4n) is 10.2. The van der Waals surface area contributed by atoms with Gasteiger partial charge in [0.15, 0.2) is 16.5 Å². The molecule has 2 aromatic carbocycles. The number of amides is 5. The number of hydrogen-bond donors (Lipinski definition) is 5. The molecule has 0 spiro atoms. The third-order valence-electron chi connectivity index (χ3n) is 14.9. The molecule has 78 heavy (non-hydrogen) atoms. The van der Waals surface area contributed by atoms with Crippen LogP contribution in [0.2, 0.25) is 0 Å². The predicted molar refractivity (Wildman–Crippen MR) is 298 cm³/mol. The molecule has 5 N–H and O–H groups in total. The average Bonchev–Trinajstić information content (AvgIpc) is 3.76. The van der Waals surface area contributed by atoms with Gasteiger partial charge in [-0.15, -0.1) is 11.3 Å². The molecule has 5 amide bonds. The monoisotopic (exact) mass is 1100 g/mol. The van der Waals surface area contributed by atoms with E-state index in [-0.39, 0.29) is 44.0 Å². The van der Waals surface area contributed by atoms with Gasteiger partial charge in [-0.25, -0.2) is 24.7 Å². The highest BCUT2D eigenvalue weighted by Gasteiger charge is 2.55. The normalized spacial score (nSPS) is 19.0. The first-order valence-electron chi connectivity index (χ1n) is 26.7. The molecule has 2 aliphatic carbocycles. The Morgan fingerprint density at radius 1 is 0.846 bits per heavy atom. The van der Waals surface area contributed by atoms with Crippen LogP contribution < -0.4 is 30.9 Å². The Bertz CT molecular complexity index is 3160. The molecule has 6 aromatic rings. The van der Waals surface area contributed by atoms with Crippen LogP contribution in [-0.2, 0) is 30.5 Å². The summed E-state index contributed by atoms with van der Waals surface area (Å²) in [5.74, 6) is -0.669. The van der Waals surface area contributed by atoms with Crippen LogP contribution in [0.15, 0.2) is 72.6 Å². The first-order valence-corrected chi connectivity index (χ1v) is 28.4. The number of likely N-dealkylation sites (tertiary alicyclic amines) is 1. The maximum Gasteiger partial charge on any atom is 0.411 e. The second-order valence-electron chi connectivity index (χ2n) is 21.8. The van der Waals surface area contributed by atoms with Crippen LogP contribution >= 0.6 is 22.7 Å². The minimum absolute atomic E-state index is 0.0387. The molecule has 2 aliphatic heterocycles. The Morgan fingerprint density at radius 3 is 2.27 bits per heavy atom. The summed E-state index contributed by atoms with van der Waals surface area (Å²) < 4.78 is 12.8. The topological polar surface area (TPSA) is 246 Å². The highest BCUT2D eigenvalue weighted by molar-refractivity contribution is 7.22. The summed E-state index contributed by atoms with van der Waals surface area (Å²) in [7, 11) is 0.